The van der Waals surface area contributed by atoms with Crippen molar-refractivity contribution in [2.45, 2.75) is 13.8 Å². The number of hydrogen-bond acceptors (Lipinski definition) is 5. The van der Waals surface area contributed by atoms with Crippen molar-refractivity contribution in [2.75, 3.05) is 17.6 Å². The Morgan fingerprint density at radius 3 is 2.58 bits per heavy atom. The Labute approximate surface area is 117 Å². The zero-order chi connectivity index (χ0) is 13.9. The van der Waals surface area contributed by atoms with Gasteiger partial charge in [-0.15, -0.1) is 0 Å². The molecule has 0 amide bonds. The number of hydrogen-bond donors (Lipinski definition) is 1. The number of anilines is 1. The molecular formula is C14H14N4S. The molecule has 4 nitrogen and oxygen atoms in total. The molecule has 0 spiro atoms. The van der Waals surface area contributed by atoms with Crippen molar-refractivity contribution in [3.05, 3.63) is 29.3 Å². The van der Waals surface area contributed by atoms with Crippen LogP contribution < -0.4 is 5.32 Å². The minimum Gasteiger partial charge on any atom is -0.335 e. The monoisotopic (exact) mass is 270 g/mol. The molecule has 5 heteroatoms. The van der Waals surface area contributed by atoms with Gasteiger partial charge in [0.25, 0.3) is 0 Å². The lowest BCUT2D eigenvalue weighted by atomic mass is 9.97. The quantitative estimate of drug-likeness (QED) is 0.851. The highest BCUT2D eigenvalue weighted by Gasteiger charge is 2.23. The minimum absolute atomic E-state index is 0.234. The van der Waals surface area contributed by atoms with Gasteiger partial charge in [-0.25, -0.2) is 0 Å². The lowest BCUT2D eigenvalue weighted by Gasteiger charge is -2.27. The van der Waals surface area contributed by atoms with Gasteiger partial charge in [-0.2, -0.15) is 10.5 Å². The number of rotatable bonds is 1. The zero-order valence-electron chi connectivity index (χ0n) is 10.9. The summed E-state index contributed by atoms with van der Waals surface area (Å²) in [4.78, 5) is 4.50. The number of thioether (sulfide) groups is 1. The third kappa shape index (κ3) is 3.27. The van der Waals surface area contributed by atoms with Gasteiger partial charge in [0.2, 0.25) is 0 Å². The molecule has 1 aromatic carbocycles. The Balaban J connectivity index is 2.16. The van der Waals surface area contributed by atoms with E-state index in [1.54, 1.807) is 30.0 Å². The van der Waals surface area contributed by atoms with E-state index in [9.17, 15) is 0 Å². The second kappa shape index (κ2) is 5.34. The van der Waals surface area contributed by atoms with E-state index in [-0.39, 0.29) is 5.41 Å². The van der Waals surface area contributed by atoms with Crippen LogP contribution in [0.3, 0.4) is 0 Å². The molecule has 0 aromatic heterocycles. The summed E-state index contributed by atoms with van der Waals surface area (Å²) < 4.78 is 0. The van der Waals surface area contributed by atoms with Crippen LogP contribution in [0.25, 0.3) is 0 Å². The minimum atomic E-state index is 0.234. The largest absolute Gasteiger partial charge is 0.335 e. The predicted octanol–water partition coefficient (Wildman–Crippen LogP) is 2.97. The first kappa shape index (κ1) is 13.5. The molecule has 1 heterocycles. The van der Waals surface area contributed by atoms with Crippen molar-refractivity contribution in [1.82, 2.24) is 0 Å². The van der Waals surface area contributed by atoms with Crippen LogP contribution in [-0.2, 0) is 0 Å². The van der Waals surface area contributed by atoms with E-state index < -0.39 is 0 Å². The van der Waals surface area contributed by atoms with Gasteiger partial charge >= 0.3 is 0 Å². The van der Waals surface area contributed by atoms with Crippen LogP contribution in [0, 0.1) is 28.1 Å². The molecule has 1 aromatic rings. The second-order valence-electron chi connectivity index (χ2n) is 5.18. The van der Waals surface area contributed by atoms with Crippen molar-refractivity contribution in [3.63, 3.8) is 0 Å². The summed E-state index contributed by atoms with van der Waals surface area (Å²) in [6, 6.07) is 9.16. The average Bonchev–Trinajstić information content (AvgIpc) is 2.41. The fraction of sp³-hybridized carbons (Fsp3) is 0.357. The van der Waals surface area contributed by atoms with E-state index >= 15 is 0 Å². The van der Waals surface area contributed by atoms with Gasteiger partial charge in [0.15, 0.2) is 5.17 Å². The lowest BCUT2D eigenvalue weighted by molar-refractivity contribution is 0.438. The maximum absolute atomic E-state index is 8.98. The average molecular weight is 270 g/mol. The predicted molar refractivity (Wildman–Crippen MR) is 78.0 cm³/mol. The highest BCUT2D eigenvalue weighted by molar-refractivity contribution is 8.14. The fourth-order valence-electron chi connectivity index (χ4n) is 1.65. The van der Waals surface area contributed by atoms with E-state index in [4.69, 9.17) is 10.5 Å². The molecule has 1 aliphatic heterocycles. The van der Waals surface area contributed by atoms with Gasteiger partial charge in [-0.1, -0.05) is 25.6 Å². The van der Waals surface area contributed by atoms with E-state index in [1.165, 1.54) is 0 Å². The SMILES string of the molecule is CC1(C)CN=C(Nc2ccc(C#N)c(C#N)c2)SC1. The van der Waals surface area contributed by atoms with Gasteiger partial charge in [0, 0.05) is 18.0 Å². The Hall–Kier alpha value is -1.98. The maximum atomic E-state index is 8.98. The van der Waals surface area contributed by atoms with Crippen LogP contribution in [0.1, 0.15) is 25.0 Å². The Morgan fingerprint density at radius 1 is 1.26 bits per heavy atom. The molecule has 1 aliphatic rings. The topological polar surface area (TPSA) is 72.0 Å². The summed E-state index contributed by atoms with van der Waals surface area (Å²) in [5.41, 5.74) is 1.81. The lowest BCUT2D eigenvalue weighted by Crippen LogP contribution is -2.27. The number of benzene rings is 1. The molecule has 0 bridgehead atoms. The van der Waals surface area contributed by atoms with Crippen molar-refractivity contribution in [1.29, 1.82) is 10.5 Å². The summed E-state index contributed by atoms with van der Waals surface area (Å²) in [6.07, 6.45) is 0. The number of nitrogens with zero attached hydrogens (tertiary/aromatic N) is 3. The van der Waals surface area contributed by atoms with Crippen molar-refractivity contribution in [3.8, 4) is 12.1 Å². The third-order valence-electron chi connectivity index (χ3n) is 2.76. The zero-order valence-corrected chi connectivity index (χ0v) is 11.7. The highest BCUT2D eigenvalue weighted by atomic mass is 32.2. The van der Waals surface area contributed by atoms with E-state index in [1.807, 2.05) is 12.1 Å². The number of nitriles is 2. The normalized spacial score (nSPS) is 16.9. The molecule has 0 aliphatic carbocycles. The number of aliphatic imine (C=N–C) groups is 1. The third-order valence-corrected chi connectivity index (χ3v) is 4.19. The first-order valence-electron chi connectivity index (χ1n) is 5.92. The molecule has 0 atom stereocenters. The van der Waals surface area contributed by atoms with Gasteiger partial charge in [-0.05, 0) is 23.6 Å². The Kier molecular flexibility index (Phi) is 3.78. The van der Waals surface area contributed by atoms with Crippen LogP contribution in [0.4, 0.5) is 5.69 Å². The molecule has 0 radical (unpaired) electrons. The van der Waals surface area contributed by atoms with Crippen LogP contribution in [-0.4, -0.2) is 17.5 Å². The molecule has 0 saturated heterocycles. The highest BCUT2D eigenvalue weighted by Crippen LogP contribution is 2.28. The first-order valence-corrected chi connectivity index (χ1v) is 6.91. The van der Waals surface area contributed by atoms with E-state index in [0.717, 1.165) is 23.2 Å². The van der Waals surface area contributed by atoms with Crippen LogP contribution in [0.15, 0.2) is 23.2 Å². The molecule has 0 fully saturated rings. The first-order chi connectivity index (χ1) is 9.04. The van der Waals surface area contributed by atoms with E-state index in [0.29, 0.717) is 11.1 Å². The number of nitrogens with one attached hydrogen (secondary N) is 1. The van der Waals surface area contributed by atoms with Crippen LogP contribution >= 0.6 is 11.8 Å². The van der Waals surface area contributed by atoms with Crippen molar-refractivity contribution >= 4 is 22.6 Å². The van der Waals surface area contributed by atoms with Crippen LogP contribution in [0.2, 0.25) is 0 Å². The van der Waals surface area contributed by atoms with Gasteiger partial charge in [0.05, 0.1) is 11.1 Å². The van der Waals surface area contributed by atoms with Gasteiger partial charge < -0.3 is 5.32 Å². The smallest absolute Gasteiger partial charge is 0.161 e. The maximum Gasteiger partial charge on any atom is 0.161 e. The Morgan fingerprint density at radius 2 is 2.00 bits per heavy atom. The standard InChI is InChI=1S/C14H14N4S/c1-14(2)8-17-13(19-9-14)18-12-4-3-10(6-15)11(5-12)7-16/h3-5H,8-9H2,1-2H3,(H,17,18). The van der Waals surface area contributed by atoms with Crippen LogP contribution in [0.5, 0.6) is 0 Å². The molecule has 1 N–H and O–H groups in total. The molecule has 19 heavy (non-hydrogen) atoms. The Bertz CT molecular complexity index is 605. The molecule has 96 valence electrons. The second-order valence-corrected chi connectivity index (χ2v) is 6.15. The van der Waals surface area contributed by atoms with E-state index in [2.05, 4.69) is 24.2 Å². The van der Waals surface area contributed by atoms with Gasteiger partial charge in [-0.3, -0.25) is 4.99 Å². The summed E-state index contributed by atoms with van der Waals surface area (Å²) >= 11 is 1.68. The molecule has 2 rings (SSSR count). The fourth-order valence-corrected chi connectivity index (χ4v) is 2.62. The van der Waals surface area contributed by atoms with Crippen molar-refractivity contribution < 1.29 is 0 Å². The van der Waals surface area contributed by atoms with Gasteiger partial charge in [0.1, 0.15) is 12.1 Å². The molecular weight excluding hydrogens is 256 g/mol. The summed E-state index contributed by atoms with van der Waals surface area (Å²) in [7, 11) is 0. The summed E-state index contributed by atoms with van der Waals surface area (Å²) in [5.74, 6) is 1.01. The summed E-state index contributed by atoms with van der Waals surface area (Å²) in [6.45, 7) is 5.18. The molecule has 0 saturated carbocycles. The van der Waals surface area contributed by atoms with Crippen molar-refractivity contribution in [2.24, 2.45) is 10.4 Å². The molecule has 0 unspecified atom stereocenters. The summed E-state index contributed by atoms with van der Waals surface area (Å²) in [5, 5.41) is 21.9. The number of amidine groups is 1.